The Hall–Kier alpha value is -2.15. The molecule has 3 aromatic rings. The number of alkyl halides is 2. The number of carbonyl (C=O) groups is 1. The van der Waals surface area contributed by atoms with Crippen LogP contribution in [0.15, 0.2) is 65.7 Å². The second-order valence-corrected chi connectivity index (χ2v) is 9.37. The number of halogens is 2. The molecule has 2 aromatic carbocycles. The van der Waals surface area contributed by atoms with E-state index in [1.165, 1.54) is 0 Å². The van der Waals surface area contributed by atoms with Crippen LogP contribution in [0.2, 0.25) is 0 Å². The Labute approximate surface area is 183 Å². The number of carbonyl (C=O) groups excluding carboxylic acids is 1. The molecule has 0 aliphatic heterocycles. The van der Waals surface area contributed by atoms with E-state index in [-0.39, 0.29) is 11.8 Å². The van der Waals surface area contributed by atoms with Gasteiger partial charge in [-0.3, -0.25) is 4.79 Å². The van der Waals surface area contributed by atoms with Gasteiger partial charge in [0.25, 0.3) is 5.91 Å². The Morgan fingerprint density at radius 3 is 2.66 bits per heavy atom. The number of methoxy groups -OCH3 is 1. The predicted molar refractivity (Wildman–Crippen MR) is 118 cm³/mol. The lowest BCUT2D eigenvalue weighted by Crippen LogP contribution is -2.14. The highest BCUT2D eigenvalue weighted by molar-refractivity contribution is 7.99. The van der Waals surface area contributed by atoms with Crippen molar-refractivity contribution in [2.75, 3.05) is 18.2 Å². The van der Waals surface area contributed by atoms with Crippen LogP contribution in [0.5, 0.6) is 5.75 Å². The number of anilines is 1. The fraction of sp³-hybridized carbons (Fsp3) is 0.238. The summed E-state index contributed by atoms with van der Waals surface area (Å²) in [5.41, 5.74) is 1.93. The van der Waals surface area contributed by atoms with Crippen LogP contribution in [0.1, 0.15) is 16.9 Å². The lowest BCUT2D eigenvalue weighted by molar-refractivity contribution is 0.102. The monoisotopic (exact) mass is 447 g/mol. The number of rotatable bonds is 7. The van der Waals surface area contributed by atoms with Crippen molar-refractivity contribution in [3.8, 4) is 11.4 Å². The molecule has 1 amide bonds. The van der Waals surface area contributed by atoms with E-state index in [2.05, 4.69) is 10.4 Å². The third-order valence-electron chi connectivity index (χ3n) is 4.69. The Morgan fingerprint density at radius 2 is 1.97 bits per heavy atom. The molecule has 1 atom stereocenters. The van der Waals surface area contributed by atoms with Gasteiger partial charge in [-0.2, -0.15) is 5.10 Å². The van der Waals surface area contributed by atoms with Crippen molar-refractivity contribution >= 4 is 46.6 Å². The van der Waals surface area contributed by atoms with E-state index in [0.29, 0.717) is 5.69 Å². The van der Waals surface area contributed by atoms with Gasteiger partial charge in [0.05, 0.1) is 18.5 Å². The molecule has 1 N–H and O–H groups in total. The zero-order valence-electron chi connectivity index (χ0n) is 15.6. The van der Waals surface area contributed by atoms with Gasteiger partial charge in [-0.1, -0.05) is 12.1 Å². The molecule has 0 bridgehead atoms. The van der Waals surface area contributed by atoms with Gasteiger partial charge in [0.15, 0.2) is 5.69 Å². The molecule has 1 heterocycles. The van der Waals surface area contributed by atoms with E-state index >= 15 is 0 Å². The molecule has 0 saturated heterocycles. The Bertz CT molecular complexity index is 1020. The molecule has 29 heavy (non-hydrogen) atoms. The van der Waals surface area contributed by atoms with Gasteiger partial charge in [0.2, 0.25) is 0 Å². The zero-order chi connectivity index (χ0) is 20.4. The van der Waals surface area contributed by atoms with Crippen LogP contribution < -0.4 is 10.1 Å². The minimum Gasteiger partial charge on any atom is -0.497 e. The maximum Gasteiger partial charge on any atom is 0.276 e. The summed E-state index contributed by atoms with van der Waals surface area (Å²) < 4.78 is 6.22. The first-order chi connectivity index (χ1) is 14.0. The van der Waals surface area contributed by atoms with E-state index in [1.807, 2.05) is 48.5 Å². The minimum absolute atomic E-state index is 0.263. The topological polar surface area (TPSA) is 56.1 Å². The molecule has 1 fully saturated rings. The first kappa shape index (κ1) is 20.1. The quantitative estimate of drug-likeness (QED) is 0.388. The SMILES string of the molecule is COc1ccc(-n2ccc(C(=O)Nc3ccccc3SCC3CC3(Cl)Cl)n2)cc1. The summed E-state index contributed by atoms with van der Waals surface area (Å²) in [6.07, 6.45) is 2.56. The van der Waals surface area contributed by atoms with E-state index in [1.54, 1.807) is 35.8 Å². The molecule has 1 aliphatic rings. The molecule has 0 radical (unpaired) electrons. The number of hydrogen-bond acceptors (Lipinski definition) is 4. The molecule has 1 unspecified atom stereocenters. The van der Waals surface area contributed by atoms with Crippen LogP contribution in [0.4, 0.5) is 5.69 Å². The summed E-state index contributed by atoms with van der Waals surface area (Å²) >= 11 is 13.9. The second kappa shape index (κ2) is 8.30. The summed E-state index contributed by atoms with van der Waals surface area (Å²) in [5.74, 6) is 1.59. The minimum atomic E-state index is -0.598. The summed E-state index contributed by atoms with van der Waals surface area (Å²) in [6, 6.07) is 16.8. The van der Waals surface area contributed by atoms with Crippen LogP contribution in [-0.4, -0.2) is 32.9 Å². The highest BCUT2D eigenvalue weighted by Crippen LogP contribution is 2.55. The van der Waals surface area contributed by atoms with Gasteiger partial charge in [0, 0.05) is 22.8 Å². The van der Waals surface area contributed by atoms with Crippen molar-refractivity contribution in [1.82, 2.24) is 9.78 Å². The summed E-state index contributed by atoms with van der Waals surface area (Å²) in [7, 11) is 1.62. The maximum absolute atomic E-state index is 12.7. The van der Waals surface area contributed by atoms with Crippen LogP contribution in [0, 0.1) is 5.92 Å². The third kappa shape index (κ3) is 4.71. The van der Waals surface area contributed by atoms with Crippen LogP contribution in [-0.2, 0) is 0 Å². The van der Waals surface area contributed by atoms with Gasteiger partial charge < -0.3 is 10.1 Å². The van der Waals surface area contributed by atoms with E-state index in [4.69, 9.17) is 27.9 Å². The lowest BCUT2D eigenvalue weighted by Gasteiger charge is -2.10. The number of nitrogens with zero attached hydrogens (tertiary/aromatic N) is 2. The summed E-state index contributed by atoms with van der Waals surface area (Å²) in [6.45, 7) is 0. The van der Waals surface area contributed by atoms with Crippen molar-refractivity contribution in [3.05, 3.63) is 66.5 Å². The smallest absolute Gasteiger partial charge is 0.276 e. The highest BCUT2D eigenvalue weighted by atomic mass is 35.5. The number of ether oxygens (including phenoxy) is 1. The van der Waals surface area contributed by atoms with Crippen molar-refractivity contribution in [3.63, 3.8) is 0 Å². The van der Waals surface area contributed by atoms with Crippen LogP contribution in [0.25, 0.3) is 5.69 Å². The lowest BCUT2D eigenvalue weighted by atomic mass is 10.3. The van der Waals surface area contributed by atoms with Crippen molar-refractivity contribution in [1.29, 1.82) is 0 Å². The highest BCUT2D eigenvalue weighted by Gasteiger charge is 2.51. The Morgan fingerprint density at radius 1 is 1.24 bits per heavy atom. The number of amides is 1. The van der Waals surface area contributed by atoms with Crippen molar-refractivity contribution < 1.29 is 9.53 Å². The van der Waals surface area contributed by atoms with Crippen molar-refractivity contribution in [2.24, 2.45) is 5.92 Å². The number of aromatic nitrogens is 2. The van der Waals surface area contributed by atoms with E-state index in [9.17, 15) is 4.79 Å². The van der Waals surface area contributed by atoms with E-state index in [0.717, 1.165) is 34.2 Å². The summed E-state index contributed by atoms with van der Waals surface area (Å²) in [4.78, 5) is 13.7. The molecule has 0 spiro atoms. The van der Waals surface area contributed by atoms with Gasteiger partial charge >= 0.3 is 0 Å². The van der Waals surface area contributed by atoms with E-state index < -0.39 is 4.33 Å². The zero-order valence-corrected chi connectivity index (χ0v) is 18.0. The number of thioether (sulfide) groups is 1. The number of benzene rings is 2. The maximum atomic E-state index is 12.7. The molecule has 8 heteroatoms. The van der Waals surface area contributed by atoms with Crippen LogP contribution >= 0.6 is 35.0 Å². The van der Waals surface area contributed by atoms with Gasteiger partial charge in [-0.25, -0.2) is 4.68 Å². The first-order valence-corrected chi connectivity index (χ1v) is 10.8. The van der Waals surface area contributed by atoms with Gasteiger partial charge in [-0.15, -0.1) is 35.0 Å². The number of para-hydroxylation sites is 1. The average Bonchev–Trinajstić information content (AvgIpc) is 3.11. The molecule has 5 nitrogen and oxygen atoms in total. The van der Waals surface area contributed by atoms with Gasteiger partial charge in [0.1, 0.15) is 10.1 Å². The van der Waals surface area contributed by atoms with Gasteiger partial charge in [-0.05, 0) is 48.9 Å². The number of hydrogen-bond donors (Lipinski definition) is 1. The standard InChI is InChI=1S/C21H19Cl2N3O2S/c1-28-16-8-6-15(7-9-16)26-11-10-18(25-26)20(27)24-17-4-2-3-5-19(17)29-13-14-12-21(14,22)23/h2-11,14H,12-13H2,1H3,(H,24,27). The van der Waals surface area contributed by atoms with Crippen molar-refractivity contribution in [2.45, 2.75) is 15.6 Å². The molecule has 1 aliphatic carbocycles. The average molecular weight is 448 g/mol. The fourth-order valence-corrected chi connectivity index (χ4v) is 4.79. The summed E-state index contributed by atoms with van der Waals surface area (Å²) in [5, 5.41) is 7.34. The molecule has 4 rings (SSSR count). The molecular weight excluding hydrogens is 429 g/mol. The molecule has 1 saturated carbocycles. The number of nitrogens with one attached hydrogen (secondary N) is 1. The largest absolute Gasteiger partial charge is 0.497 e. The molecule has 1 aromatic heterocycles. The fourth-order valence-electron chi connectivity index (χ4n) is 2.85. The first-order valence-electron chi connectivity index (χ1n) is 9.07. The Kier molecular flexibility index (Phi) is 5.76. The molecule has 150 valence electrons. The predicted octanol–water partition coefficient (Wildman–Crippen LogP) is 5.42. The third-order valence-corrected chi connectivity index (χ3v) is 6.85. The second-order valence-electron chi connectivity index (χ2n) is 6.77. The molecular formula is C21H19Cl2N3O2S. The Balaban J connectivity index is 1.44. The normalized spacial score (nSPS) is 17.0. The van der Waals surface area contributed by atoms with Crippen LogP contribution in [0.3, 0.4) is 0 Å².